The van der Waals surface area contributed by atoms with Crippen molar-refractivity contribution in [3.8, 4) is 0 Å². The number of thiophene rings is 1. The van der Waals surface area contributed by atoms with Gasteiger partial charge in [-0.2, -0.15) is 15.6 Å². The molecule has 0 bridgehead atoms. The molecule has 3 rings (SSSR count). The summed E-state index contributed by atoms with van der Waals surface area (Å²) in [5, 5.41) is 4.04. The zero-order valence-electron chi connectivity index (χ0n) is 15.0. The van der Waals surface area contributed by atoms with E-state index in [2.05, 4.69) is 6.92 Å². The Kier molecular flexibility index (Phi) is 4.62. The van der Waals surface area contributed by atoms with E-state index in [1.165, 1.54) is 5.56 Å². The molecule has 5 heteroatoms. The fourth-order valence-electron chi connectivity index (χ4n) is 3.31. The second-order valence-corrected chi connectivity index (χ2v) is 9.47. The van der Waals surface area contributed by atoms with Crippen LogP contribution in [0, 0.1) is 34.6 Å². The summed E-state index contributed by atoms with van der Waals surface area (Å²) in [6, 6.07) is 2.16. The molecule has 130 valence electrons. The van der Waals surface area contributed by atoms with Crippen LogP contribution in [0.15, 0.2) is 21.7 Å². The fourth-order valence-corrected chi connectivity index (χ4v) is 6.20. The van der Waals surface area contributed by atoms with Crippen LogP contribution in [-0.4, -0.2) is 18.8 Å². The number of hydrogen-bond acceptors (Lipinski definition) is 3. The molecule has 0 N–H and O–H groups in total. The van der Waals surface area contributed by atoms with Crippen molar-refractivity contribution in [2.24, 2.45) is 0 Å². The summed E-state index contributed by atoms with van der Waals surface area (Å²) in [6.07, 6.45) is 1.93. The van der Waals surface area contributed by atoms with Crippen LogP contribution in [0.4, 0.5) is 0 Å². The number of nitrogens with zero attached hydrogens (tertiary/aromatic N) is 1. The first-order valence-corrected chi connectivity index (χ1v) is 10.7. The zero-order chi connectivity index (χ0) is 17.6. The van der Waals surface area contributed by atoms with Gasteiger partial charge in [-0.3, -0.25) is 0 Å². The molecule has 1 heterocycles. The van der Waals surface area contributed by atoms with Gasteiger partial charge in [-0.05, 0) is 97.7 Å². The standard InChI is InChI=1S/C19H25NO2S2/c1-12-13(2)15(4)19(16(5)14(12)3)24(21,22)20(18-6-7-18)10-17-8-9-23-11-17/h8-9,11,18H,6-7,10H2,1-5H3. The molecule has 0 spiro atoms. The molecular weight excluding hydrogens is 338 g/mol. The van der Waals surface area contributed by atoms with Crippen LogP contribution in [0.3, 0.4) is 0 Å². The molecular formula is C19H25NO2S2. The molecule has 24 heavy (non-hydrogen) atoms. The molecule has 0 radical (unpaired) electrons. The second kappa shape index (κ2) is 6.28. The molecule has 2 aromatic rings. The van der Waals surface area contributed by atoms with Crippen LogP contribution in [0.1, 0.15) is 46.2 Å². The SMILES string of the molecule is Cc1c(C)c(C)c(S(=O)(=O)N(Cc2ccsc2)C2CC2)c(C)c1C. The van der Waals surface area contributed by atoms with Crippen LogP contribution >= 0.6 is 11.3 Å². The number of hydrogen-bond donors (Lipinski definition) is 0. The van der Waals surface area contributed by atoms with Gasteiger partial charge in [0.1, 0.15) is 0 Å². The highest BCUT2D eigenvalue weighted by molar-refractivity contribution is 7.89. The van der Waals surface area contributed by atoms with Crippen molar-refractivity contribution in [3.05, 3.63) is 50.2 Å². The first-order valence-electron chi connectivity index (χ1n) is 8.35. The number of sulfonamides is 1. The third-order valence-corrected chi connectivity index (χ3v) is 8.28. The summed E-state index contributed by atoms with van der Waals surface area (Å²) in [6.45, 7) is 10.5. The van der Waals surface area contributed by atoms with Crippen molar-refractivity contribution < 1.29 is 8.42 Å². The Bertz CT molecular complexity index is 834. The average molecular weight is 364 g/mol. The highest BCUT2D eigenvalue weighted by Crippen LogP contribution is 2.37. The summed E-state index contributed by atoms with van der Waals surface area (Å²) in [5.74, 6) is 0. The van der Waals surface area contributed by atoms with Crippen LogP contribution in [0.2, 0.25) is 0 Å². The average Bonchev–Trinajstić information content (AvgIpc) is 3.24. The van der Waals surface area contributed by atoms with E-state index >= 15 is 0 Å². The van der Waals surface area contributed by atoms with Gasteiger partial charge in [0, 0.05) is 12.6 Å². The molecule has 1 aliphatic carbocycles. The van der Waals surface area contributed by atoms with E-state index in [-0.39, 0.29) is 6.04 Å². The zero-order valence-corrected chi connectivity index (χ0v) is 16.6. The molecule has 3 nitrogen and oxygen atoms in total. The lowest BCUT2D eigenvalue weighted by Gasteiger charge is -2.26. The minimum atomic E-state index is -3.50. The van der Waals surface area contributed by atoms with E-state index in [0.29, 0.717) is 11.4 Å². The van der Waals surface area contributed by atoms with Gasteiger partial charge in [0.15, 0.2) is 0 Å². The molecule has 1 aliphatic rings. The molecule has 1 fully saturated rings. The summed E-state index contributed by atoms with van der Waals surface area (Å²) >= 11 is 1.61. The fraction of sp³-hybridized carbons (Fsp3) is 0.474. The van der Waals surface area contributed by atoms with Gasteiger partial charge in [-0.1, -0.05) is 0 Å². The summed E-state index contributed by atoms with van der Waals surface area (Å²) < 4.78 is 28.8. The monoisotopic (exact) mass is 363 g/mol. The molecule has 1 saturated carbocycles. The van der Waals surface area contributed by atoms with Crippen LogP contribution in [-0.2, 0) is 16.6 Å². The Morgan fingerprint density at radius 3 is 2.00 bits per heavy atom. The first-order chi connectivity index (χ1) is 11.2. The van der Waals surface area contributed by atoms with Crippen molar-refractivity contribution >= 4 is 21.4 Å². The Balaban J connectivity index is 2.12. The maximum atomic E-state index is 13.5. The van der Waals surface area contributed by atoms with E-state index in [1.807, 2.05) is 44.5 Å². The first kappa shape index (κ1) is 17.6. The van der Waals surface area contributed by atoms with Crippen molar-refractivity contribution in [2.75, 3.05) is 0 Å². The maximum Gasteiger partial charge on any atom is 0.244 e. The van der Waals surface area contributed by atoms with E-state index in [1.54, 1.807) is 15.6 Å². The van der Waals surface area contributed by atoms with Crippen LogP contribution < -0.4 is 0 Å². The van der Waals surface area contributed by atoms with Gasteiger partial charge < -0.3 is 0 Å². The van der Waals surface area contributed by atoms with Gasteiger partial charge >= 0.3 is 0 Å². The molecule has 1 aromatic carbocycles. The quantitative estimate of drug-likeness (QED) is 0.776. The number of benzene rings is 1. The summed E-state index contributed by atoms with van der Waals surface area (Å²) in [4.78, 5) is 0.519. The van der Waals surface area contributed by atoms with Gasteiger partial charge in [-0.25, -0.2) is 8.42 Å². The number of rotatable bonds is 5. The minimum Gasteiger partial charge on any atom is -0.207 e. The highest BCUT2D eigenvalue weighted by Gasteiger charge is 2.39. The second-order valence-electron chi connectivity index (χ2n) is 6.87. The highest BCUT2D eigenvalue weighted by atomic mass is 32.2. The molecule has 0 atom stereocenters. The Labute approximate surface area is 149 Å². The Morgan fingerprint density at radius 1 is 1.00 bits per heavy atom. The maximum absolute atomic E-state index is 13.5. The van der Waals surface area contributed by atoms with E-state index in [0.717, 1.165) is 40.7 Å². The van der Waals surface area contributed by atoms with E-state index < -0.39 is 10.0 Å². The largest absolute Gasteiger partial charge is 0.244 e. The van der Waals surface area contributed by atoms with Crippen LogP contribution in [0.25, 0.3) is 0 Å². The molecule has 0 saturated heterocycles. The third-order valence-electron chi connectivity index (χ3n) is 5.37. The van der Waals surface area contributed by atoms with E-state index in [9.17, 15) is 8.42 Å². The van der Waals surface area contributed by atoms with Crippen molar-refractivity contribution in [1.29, 1.82) is 0 Å². The van der Waals surface area contributed by atoms with Gasteiger partial charge in [0.05, 0.1) is 4.90 Å². The minimum absolute atomic E-state index is 0.149. The van der Waals surface area contributed by atoms with Crippen LogP contribution in [0.5, 0.6) is 0 Å². The lowest BCUT2D eigenvalue weighted by Crippen LogP contribution is -2.33. The summed E-state index contributed by atoms with van der Waals surface area (Å²) in [5.41, 5.74) is 6.23. The summed E-state index contributed by atoms with van der Waals surface area (Å²) in [7, 11) is -3.50. The lowest BCUT2D eigenvalue weighted by molar-refractivity contribution is 0.398. The molecule has 0 amide bonds. The van der Waals surface area contributed by atoms with Crippen molar-refractivity contribution in [1.82, 2.24) is 4.31 Å². The molecule has 1 aromatic heterocycles. The Morgan fingerprint density at radius 2 is 1.54 bits per heavy atom. The molecule has 0 aliphatic heterocycles. The van der Waals surface area contributed by atoms with Gasteiger partial charge in [0.25, 0.3) is 0 Å². The molecule has 0 unspecified atom stereocenters. The van der Waals surface area contributed by atoms with Crippen molar-refractivity contribution in [3.63, 3.8) is 0 Å². The normalized spacial score (nSPS) is 15.2. The smallest absolute Gasteiger partial charge is 0.207 e. The van der Waals surface area contributed by atoms with Crippen molar-refractivity contribution in [2.45, 2.75) is 64.9 Å². The predicted molar refractivity (Wildman–Crippen MR) is 100 cm³/mol. The van der Waals surface area contributed by atoms with E-state index in [4.69, 9.17) is 0 Å². The predicted octanol–water partition coefficient (Wildman–Crippen LogP) is 4.64. The lowest BCUT2D eigenvalue weighted by atomic mass is 9.95. The van der Waals surface area contributed by atoms with Gasteiger partial charge in [-0.15, -0.1) is 0 Å². The Hall–Kier alpha value is -1.17. The van der Waals surface area contributed by atoms with Gasteiger partial charge in [0.2, 0.25) is 10.0 Å². The topological polar surface area (TPSA) is 37.4 Å². The third kappa shape index (κ3) is 2.93.